The number of hydrogen-bond donors (Lipinski definition) is 1. The molecule has 0 amide bonds. The molecule has 0 aromatic heterocycles. The zero-order chi connectivity index (χ0) is 14.0. The summed E-state index contributed by atoms with van der Waals surface area (Å²) in [6.45, 7) is 6.54. The number of hydrogen-bond acceptors (Lipinski definition) is 3. The molecule has 1 aromatic carbocycles. The van der Waals surface area contributed by atoms with Crippen molar-refractivity contribution in [2.75, 3.05) is 5.32 Å². The van der Waals surface area contributed by atoms with Crippen molar-refractivity contribution in [3.63, 3.8) is 0 Å². The summed E-state index contributed by atoms with van der Waals surface area (Å²) in [5.41, 5.74) is 2.36. The number of nitro benzene ring substituents is 1. The lowest BCUT2D eigenvalue weighted by molar-refractivity contribution is -0.384. The largest absolute Gasteiger partial charge is 0.381 e. The minimum absolute atomic E-state index is 0.154. The van der Waals surface area contributed by atoms with Gasteiger partial charge in [0.2, 0.25) is 0 Å². The van der Waals surface area contributed by atoms with Crippen LogP contribution >= 0.6 is 0 Å². The highest BCUT2D eigenvalue weighted by molar-refractivity contribution is 5.57. The van der Waals surface area contributed by atoms with Gasteiger partial charge in [-0.15, -0.1) is 0 Å². The van der Waals surface area contributed by atoms with Crippen molar-refractivity contribution in [2.24, 2.45) is 5.41 Å². The van der Waals surface area contributed by atoms with E-state index >= 15 is 0 Å². The summed E-state index contributed by atoms with van der Waals surface area (Å²) in [6, 6.07) is 5.42. The summed E-state index contributed by atoms with van der Waals surface area (Å²) in [6.07, 6.45) is 4.85. The van der Waals surface area contributed by atoms with Crippen LogP contribution in [0.5, 0.6) is 0 Å². The summed E-state index contributed by atoms with van der Waals surface area (Å²) in [5.74, 6) is 0. The van der Waals surface area contributed by atoms with Gasteiger partial charge in [0.1, 0.15) is 0 Å². The van der Waals surface area contributed by atoms with Crippen LogP contribution in [0.3, 0.4) is 0 Å². The minimum atomic E-state index is -0.337. The summed E-state index contributed by atoms with van der Waals surface area (Å²) >= 11 is 0. The molecule has 4 nitrogen and oxygen atoms in total. The van der Waals surface area contributed by atoms with Crippen molar-refractivity contribution in [3.05, 3.63) is 33.9 Å². The van der Waals surface area contributed by atoms with Gasteiger partial charge in [-0.1, -0.05) is 32.8 Å². The second-order valence-electron chi connectivity index (χ2n) is 6.19. The predicted octanol–water partition coefficient (Wildman–Crippen LogP) is 4.28. The molecule has 0 radical (unpaired) electrons. The third-order valence-corrected chi connectivity index (χ3v) is 4.27. The smallest absolute Gasteiger partial charge is 0.271 e. The van der Waals surface area contributed by atoms with Gasteiger partial charge in [-0.3, -0.25) is 10.1 Å². The van der Waals surface area contributed by atoms with E-state index in [1.54, 1.807) is 12.1 Å². The van der Waals surface area contributed by atoms with Crippen LogP contribution in [0.2, 0.25) is 0 Å². The zero-order valence-corrected chi connectivity index (χ0v) is 11.9. The molecule has 1 atom stereocenters. The van der Waals surface area contributed by atoms with Crippen LogP contribution in [-0.4, -0.2) is 11.0 Å². The maximum absolute atomic E-state index is 10.9. The summed E-state index contributed by atoms with van der Waals surface area (Å²) in [5, 5.41) is 14.4. The highest BCUT2D eigenvalue weighted by Crippen LogP contribution is 2.38. The first-order valence-electron chi connectivity index (χ1n) is 6.92. The molecule has 1 fully saturated rings. The Morgan fingerprint density at radius 1 is 1.37 bits per heavy atom. The third kappa shape index (κ3) is 3.06. The highest BCUT2D eigenvalue weighted by Gasteiger charge is 2.32. The lowest BCUT2D eigenvalue weighted by atomic mass is 9.73. The quantitative estimate of drug-likeness (QED) is 0.653. The summed E-state index contributed by atoms with van der Waals surface area (Å²) < 4.78 is 0. The standard InChI is InChI=1S/C15H22N2O2/c1-11-7-8-12(17(18)19)10-13(11)16-14-6-4-5-9-15(14,2)3/h7-8,10,14,16H,4-6,9H2,1-3H3. The molecule has 1 unspecified atom stereocenters. The molecular formula is C15H22N2O2. The van der Waals surface area contributed by atoms with Crippen LogP contribution in [-0.2, 0) is 0 Å². The average molecular weight is 262 g/mol. The van der Waals surface area contributed by atoms with Gasteiger partial charge in [0, 0.05) is 23.9 Å². The van der Waals surface area contributed by atoms with Crippen LogP contribution in [0, 0.1) is 22.5 Å². The van der Waals surface area contributed by atoms with Gasteiger partial charge in [-0.05, 0) is 30.7 Å². The van der Waals surface area contributed by atoms with Crippen molar-refractivity contribution in [2.45, 2.75) is 52.5 Å². The first-order valence-corrected chi connectivity index (χ1v) is 6.92. The number of nitrogens with zero attached hydrogens (tertiary/aromatic N) is 1. The summed E-state index contributed by atoms with van der Waals surface area (Å²) in [4.78, 5) is 10.5. The Morgan fingerprint density at radius 3 is 2.74 bits per heavy atom. The van der Waals surface area contributed by atoms with Crippen LogP contribution in [0.15, 0.2) is 18.2 Å². The van der Waals surface area contributed by atoms with Crippen molar-refractivity contribution < 1.29 is 4.92 Å². The topological polar surface area (TPSA) is 55.2 Å². The van der Waals surface area contributed by atoms with E-state index in [1.807, 2.05) is 13.0 Å². The number of non-ortho nitro benzene ring substituents is 1. The van der Waals surface area contributed by atoms with E-state index in [9.17, 15) is 10.1 Å². The normalized spacial score (nSPS) is 21.9. The average Bonchev–Trinajstić information content (AvgIpc) is 2.34. The van der Waals surface area contributed by atoms with E-state index in [1.165, 1.54) is 19.3 Å². The van der Waals surface area contributed by atoms with Crippen molar-refractivity contribution >= 4 is 11.4 Å². The first kappa shape index (κ1) is 13.8. The van der Waals surface area contributed by atoms with Gasteiger partial charge < -0.3 is 5.32 Å². The van der Waals surface area contributed by atoms with Crippen molar-refractivity contribution in [3.8, 4) is 0 Å². The van der Waals surface area contributed by atoms with Gasteiger partial charge in [0.15, 0.2) is 0 Å². The Balaban J connectivity index is 2.22. The van der Waals surface area contributed by atoms with Gasteiger partial charge in [0.05, 0.1) is 4.92 Å². The van der Waals surface area contributed by atoms with Gasteiger partial charge >= 0.3 is 0 Å². The fourth-order valence-corrected chi connectivity index (χ4v) is 2.83. The van der Waals surface area contributed by atoms with Crippen LogP contribution in [0.4, 0.5) is 11.4 Å². The molecule has 0 saturated heterocycles. The Bertz CT molecular complexity index is 483. The molecule has 1 aliphatic rings. The van der Waals surface area contributed by atoms with Gasteiger partial charge in [-0.2, -0.15) is 0 Å². The fourth-order valence-electron chi connectivity index (χ4n) is 2.83. The van der Waals surface area contributed by atoms with E-state index in [0.29, 0.717) is 6.04 Å². The number of nitrogens with one attached hydrogen (secondary N) is 1. The fraction of sp³-hybridized carbons (Fsp3) is 0.600. The third-order valence-electron chi connectivity index (χ3n) is 4.27. The molecule has 1 N–H and O–H groups in total. The maximum Gasteiger partial charge on any atom is 0.271 e. The number of aryl methyl sites for hydroxylation is 1. The number of nitro groups is 1. The van der Waals surface area contributed by atoms with Gasteiger partial charge in [-0.25, -0.2) is 0 Å². The lowest BCUT2D eigenvalue weighted by Crippen LogP contribution is -2.39. The Labute approximate surface area is 114 Å². The van der Waals surface area contributed by atoms with Crippen molar-refractivity contribution in [1.29, 1.82) is 0 Å². The Hall–Kier alpha value is -1.58. The van der Waals surface area contributed by atoms with E-state index in [-0.39, 0.29) is 16.0 Å². The van der Waals surface area contributed by atoms with Crippen LogP contribution in [0.1, 0.15) is 45.1 Å². The molecular weight excluding hydrogens is 240 g/mol. The number of anilines is 1. The van der Waals surface area contributed by atoms with E-state index in [2.05, 4.69) is 19.2 Å². The first-order chi connectivity index (χ1) is 8.90. The predicted molar refractivity (Wildman–Crippen MR) is 77.5 cm³/mol. The highest BCUT2D eigenvalue weighted by atomic mass is 16.6. The zero-order valence-electron chi connectivity index (χ0n) is 11.9. The van der Waals surface area contributed by atoms with E-state index < -0.39 is 0 Å². The molecule has 0 heterocycles. The molecule has 4 heteroatoms. The lowest BCUT2D eigenvalue weighted by Gasteiger charge is -2.39. The monoisotopic (exact) mass is 262 g/mol. The van der Waals surface area contributed by atoms with Crippen LogP contribution in [0.25, 0.3) is 0 Å². The molecule has 2 rings (SSSR count). The molecule has 1 aliphatic carbocycles. The summed E-state index contributed by atoms with van der Waals surface area (Å²) in [7, 11) is 0. The SMILES string of the molecule is Cc1ccc([N+](=O)[O-])cc1NC1CCCCC1(C)C. The van der Waals surface area contributed by atoms with Gasteiger partial charge in [0.25, 0.3) is 5.69 Å². The maximum atomic E-state index is 10.9. The van der Waals surface area contributed by atoms with Crippen molar-refractivity contribution in [1.82, 2.24) is 0 Å². The molecule has 0 aliphatic heterocycles. The Kier molecular flexibility index (Phi) is 3.78. The second-order valence-corrected chi connectivity index (χ2v) is 6.19. The molecule has 1 saturated carbocycles. The Morgan fingerprint density at radius 2 is 2.11 bits per heavy atom. The van der Waals surface area contributed by atoms with E-state index in [4.69, 9.17) is 0 Å². The number of rotatable bonds is 3. The molecule has 19 heavy (non-hydrogen) atoms. The minimum Gasteiger partial charge on any atom is -0.381 e. The molecule has 0 bridgehead atoms. The molecule has 0 spiro atoms. The number of benzene rings is 1. The van der Waals surface area contributed by atoms with E-state index in [0.717, 1.165) is 17.7 Å². The van der Waals surface area contributed by atoms with Crippen LogP contribution < -0.4 is 5.32 Å². The second kappa shape index (κ2) is 5.19. The molecule has 104 valence electrons. The molecule has 1 aromatic rings.